The molecule has 3 rings (SSSR count). The van der Waals surface area contributed by atoms with Crippen LogP contribution < -0.4 is 20.5 Å². The predicted octanol–water partition coefficient (Wildman–Crippen LogP) is 3.17. The van der Waals surface area contributed by atoms with Crippen LogP contribution in [0.25, 0.3) is 10.9 Å². The molecule has 0 aliphatic carbocycles. The maximum atomic E-state index is 12.1. The fourth-order valence-corrected chi connectivity index (χ4v) is 3.33. The number of amides is 1. The van der Waals surface area contributed by atoms with Crippen molar-refractivity contribution < 1.29 is 14.3 Å². The zero-order chi connectivity index (χ0) is 20.1. The SMILES string of the molecule is CCOc1ccc(C(CNC(=O)[C@H](C)N)c2c[nH]c3ccccc23)cc1OC. The first-order valence-electron chi connectivity index (χ1n) is 9.45. The molecule has 0 fully saturated rings. The fourth-order valence-electron chi connectivity index (χ4n) is 3.33. The number of benzene rings is 2. The van der Waals surface area contributed by atoms with E-state index in [9.17, 15) is 4.79 Å². The van der Waals surface area contributed by atoms with Gasteiger partial charge in [0, 0.05) is 29.6 Å². The summed E-state index contributed by atoms with van der Waals surface area (Å²) in [5.41, 5.74) is 8.90. The quantitative estimate of drug-likeness (QED) is 0.559. The molecule has 0 aliphatic rings. The second kappa shape index (κ2) is 8.80. The molecule has 1 aromatic heterocycles. The smallest absolute Gasteiger partial charge is 0.236 e. The Balaban J connectivity index is 2.02. The number of ether oxygens (including phenoxy) is 2. The van der Waals surface area contributed by atoms with Crippen molar-refractivity contribution in [2.24, 2.45) is 5.73 Å². The van der Waals surface area contributed by atoms with Crippen molar-refractivity contribution in [2.45, 2.75) is 25.8 Å². The van der Waals surface area contributed by atoms with Gasteiger partial charge in [0.1, 0.15) is 0 Å². The summed E-state index contributed by atoms with van der Waals surface area (Å²) in [6.07, 6.45) is 2.00. The van der Waals surface area contributed by atoms with Crippen LogP contribution in [0.5, 0.6) is 11.5 Å². The molecule has 0 radical (unpaired) electrons. The topological polar surface area (TPSA) is 89.4 Å². The van der Waals surface area contributed by atoms with Gasteiger partial charge in [0.05, 0.1) is 19.8 Å². The van der Waals surface area contributed by atoms with Gasteiger partial charge < -0.3 is 25.5 Å². The maximum Gasteiger partial charge on any atom is 0.236 e. The number of aromatic amines is 1. The molecule has 4 N–H and O–H groups in total. The normalized spacial score (nSPS) is 13.1. The van der Waals surface area contributed by atoms with Gasteiger partial charge in [-0.05, 0) is 43.2 Å². The number of carbonyl (C=O) groups excluding carboxylic acids is 1. The third-order valence-corrected chi connectivity index (χ3v) is 4.78. The van der Waals surface area contributed by atoms with Crippen molar-refractivity contribution >= 4 is 16.8 Å². The number of fused-ring (bicyclic) bond motifs is 1. The van der Waals surface area contributed by atoms with Crippen molar-refractivity contribution in [1.82, 2.24) is 10.3 Å². The Labute approximate surface area is 165 Å². The number of aromatic nitrogens is 1. The Bertz CT molecular complexity index is 949. The summed E-state index contributed by atoms with van der Waals surface area (Å²) >= 11 is 0. The number of methoxy groups -OCH3 is 1. The van der Waals surface area contributed by atoms with Gasteiger partial charge in [-0.25, -0.2) is 0 Å². The van der Waals surface area contributed by atoms with Crippen molar-refractivity contribution in [3.8, 4) is 11.5 Å². The molecule has 0 aliphatic heterocycles. The number of nitrogens with one attached hydrogen (secondary N) is 2. The number of rotatable bonds is 8. The van der Waals surface area contributed by atoms with Gasteiger partial charge in [0.25, 0.3) is 0 Å². The lowest BCUT2D eigenvalue weighted by Gasteiger charge is -2.20. The lowest BCUT2D eigenvalue weighted by atomic mass is 9.90. The molecule has 0 saturated carbocycles. The molecule has 3 aromatic rings. The second-order valence-electron chi connectivity index (χ2n) is 6.72. The minimum Gasteiger partial charge on any atom is -0.493 e. The van der Waals surface area contributed by atoms with Gasteiger partial charge in [-0.15, -0.1) is 0 Å². The summed E-state index contributed by atoms with van der Waals surface area (Å²) in [6, 6.07) is 13.5. The molecule has 0 saturated heterocycles. The van der Waals surface area contributed by atoms with Gasteiger partial charge in [0.2, 0.25) is 5.91 Å². The minimum atomic E-state index is -0.557. The molecule has 2 atom stereocenters. The summed E-state index contributed by atoms with van der Waals surface area (Å²) < 4.78 is 11.2. The highest BCUT2D eigenvalue weighted by molar-refractivity contribution is 5.85. The number of hydrogen-bond acceptors (Lipinski definition) is 4. The zero-order valence-electron chi connectivity index (χ0n) is 16.5. The lowest BCUT2D eigenvalue weighted by Crippen LogP contribution is -2.40. The van der Waals surface area contributed by atoms with Crippen LogP contribution in [0.1, 0.15) is 30.9 Å². The Morgan fingerprint density at radius 1 is 1.21 bits per heavy atom. The van der Waals surface area contributed by atoms with Crippen LogP contribution in [0.4, 0.5) is 0 Å². The van der Waals surface area contributed by atoms with Crippen molar-refractivity contribution in [3.05, 3.63) is 59.8 Å². The van der Waals surface area contributed by atoms with Crippen molar-refractivity contribution in [2.75, 3.05) is 20.3 Å². The first-order chi connectivity index (χ1) is 13.5. The van der Waals surface area contributed by atoms with Crippen LogP contribution in [0.15, 0.2) is 48.7 Å². The van der Waals surface area contributed by atoms with Gasteiger partial charge in [-0.2, -0.15) is 0 Å². The highest BCUT2D eigenvalue weighted by atomic mass is 16.5. The molecule has 28 heavy (non-hydrogen) atoms. The van der Waals surface area contributed by atoms with Crippen molar-refractivity contribution in [1.29, 1.82) is 0 Å². The van der Waals surface area contributed by atoms with Gasteiger partial charge in [-0.3, -0.25) is 4.79 Å². The summed E-state index contributed by atoms with van der Waals surface area (Å²) in [6.45, 7) is 4.60. The largest absolute Gasteiger partial charge is 0.493 e. The first kappa shape index (κ1) is 19.8. The third kappa shape index (κ3) is 4.12. The number of para-hydroxylation sites is 1. The molecule has 1 amide bonds. The standard InChI is InChI=1S/C22H27N3O3/c1-4-28-20-10-9-15(11-21(20)27-3)17(12-25-22(26)14(2)23)18-13-24-19-8-6-5-7-16(18)19/h5-11,13-14,17,24H,4,12,23H2,1-3H3,(H,25,26)/t14-,17?/m0/s1. The van der Waals surface area contributed by atoms with Crippen LogP contribution in [0, 0.1) is 0 Å². The molecular weight excluding hydrogens is 354 g/mol. The molecule has 1 heterocycles. The van der Waals surface area contributed by atoms with Gasteiger partial charge in [-0.1, -0.05) is 24.3 Å². The lowest BCUT2D eigenvalue weighted by molar-refractivity contribution is -0.122. The van der Waals surface area contributed by atoms with E-state index in [1.165, 1.54) is 0 Å². The van der Waals surface area contributed by atoms with E-state index in [1.807, 2.05) is 49.5 Å². The van der Waals surface area contributed by atoms with E-state index in [0.29, 0.717) is 24.7 Å². The Morgan fingerprint density at radius 3 is 2.71 bits per heavy atom. The Hall–Kier alpha value is -2.99. The van der Waals surface area contributed by atoms with E-state index in [0.717, 1.165) is 22.0 Å². The van der Waals surface area contributed by atoms with Crippen LogP contribution >= 0.6 is 0 Å². The van der Waals surface area contributed by atoms with E-state index in [2.05, 4.69) is 16.4 Å². The summed E-state index contributed by atoms with van der Waals surface area (Å²) in [5, 5.41) is 4.08. The van der Waals surface area contributed by atoms with E-state index < -0.39 is 6.04 Å². The zero-order valence-corrected chi connectivity index (χ0v) is 16.5. The Kier molecular flexibility index (Phi) is 6.21. The average molecular weight is 381 g/mol. The number of H-pyrrole nitrogens is 1. The van der Waals surface area contributed by atoms with Crippen LogP contribution in [-0.4, -0.2) is 37.2 Å². The highest BCUT2D eigenvalue weighted by Gasteiger charge is 2.21. The maximum absolute atomic E-state index is 12.1. The number of hydrogen-bond donors (Lipinski definition) is 3. The molecule has 2 aromatic carbocycles. The average Bonchev–Trinajstić information content (AvgIpc) is 3.13. The molecule has 0 bridgehead atoms. The minimum absolute atomic E-state index is 0.0663. The highest BCUT2D eigenvalue weighted by Crippen LogP contribution is 2.35. The van der Waals surface area contributed by atoms with Crippen LogP contribution in [0.2, 0.25) is 0 Å². The number of nitrogens with two attached hydrogens (primary N) is 1. The van der Waals surface area contributed by atoms with E-state index in [1.54, 1.807) is 14.0 Å². The summed E-state index contributed by atoms with van der Waals surface area (Å²) in [5.74, 6) is 1.12. The monoisotopic (exact) mass is 381 g/mol. The number of carbonyl (C=O) groups is 1. The molecule has 6 nitrogen and oxygen atoms in total. The fraction of sp³-hybridized carbons (Fsp3) is 0.318. The molecular formula is C22H27N3O3. The second-order valence-corrected chi connectivity index (χ2v) is 6.72. The molecule has 1 unspecified atom stereocenters. The molecule has 0 spiro atoms. The van der Waals surface area contributed by atoms with E-state index in [4.69, 9.17) is 15.2 Å². The van der Waals surface area contributed by atoms with E-state index in [-0.39, 0.29) is 11.8 Å². The van der Waals surface area contributed by atoms with Gasteiger partial charge in [0.15, 0.2) is 11.5 Å². The van der Waals surface area contributed by atoms with Gasteiger partial charge >= 0.3 is 0 Å². The van der Waals surface area contributed by atoms with Crippen LogP contribution in [0.3, 0.4) is 0 Å². The van der Waals surface area contributed by atoms with Crippen LogP contribution in [-0.2, 0) is 4.79 Å². The Morgan fingerprint density at radius 2 is 2.00 bits per heavy atom. The summed E-state index contributed by atoms with van der Waals surface area (Å²) in [4.78, 5) is 15.4. The van der Waals surface area contributed by atoms with E-state index >= 15 is 0 Å². The predicted molar refractivity (Wildman–Crippen MR) is 111 cm³/mol. The summed E-state index contributed by atoms with van der Waals surface area (Å²) in [7, 11) is 1.63. The third-order valence-electron chi connectivity index (χ3n) is 4.78. The first-order valence-corrected chi connectivity index (χ1v) is 9.45. The van der Waals surface area contributed by atoms with Crippen molar-refractivity contribution in [3.63, 3.8) is 0 Å². The molecule has 6 heteroatoms. The molecule has 148 valence electrons.